The van der Waals surface area contributed by atoms with Gasteiger partial charge in [0.15, 0.2) is 12.5 Å². The number of dihydropyridines is 1. The molecule has 10 nitrogen and oxygen atoms in total. The fourth-order valence-electron chi connectivity index (χ4n) is 2.98. The van der Waals surface area contributed by atoms with E-state index in [2.05, 4.69) is 15.0 Å². The summed E-state index contributed by atoms with van der Waals surface area (Å²) in [6, 6.07) is 9.37. The first-order valence-electron chi connectivity index (χ1n) is 10.4. The van der Waals surface area contributed by atoms with E-state index in [-0.39, 0.29) is 19.5 Å². The Morgan fingerprint density at radius 1 is 1.38 bits per heavy atom. The normalized spacial score (nSPS) is 16.6. The fraction of sp³-hybridized carbons (Fsp3) is 0.227. The molecule has 0 spiro atoms. The molecule has 0 amide bonds. The van der Waals surface area contributed by atoms with Crippen molar-refractivity contribution in [1.82, 2.24) is 10.5 Å². The number of nitrogens with zero attached hydrogens (tertiary/aromatic N) is 1. The van der Waals surface area contributed by atoms with E-state index in [9.17, 15) is 4.57 Å². The van der Waals surface area contributed by atoms with E-state index in [0.717, 1.165) is 22.4 Å². The number of benzene rings is 1. The molecular formula is C22H27ClN4O6P+. The highest BCUT2D eigenvalue weighted by molar-refractivity contribution is 7.46. The number of rotatable bonds is 12. The Labute approximate surface area is 202 Å². The Kier molecular flexibility index (Phi) is 9.82. The van der Waals surface area contributed by atoms with Crippen LogP contribution in [0, 0.1) is 0 Å². The van der Waals surface area contributed by atoms with Gasteiger partial charge in [0.25, 0.3) is 0 Å². The Balaban J connectivity index is 1.47. The molecule has 1 unspecified atom stereocenters. The minimum absolute atomic E-state index is 0.206. The van der Waals surface area contributed by atoms with E-state index in [1.807, 2.05) is 48.7 Å². The number of halogens is 1. The van der Waals surface area contributed by atoms with Crippen LogP contribution in [0.3, 0.4) is 0 Å². The number of nitrogens with one attached hydrogen (secondary N) is 1. The second-order valence-electron chi connectivity index (χ2n) is 7.27. The highest BCUT2D eigenvalue weighted by atomic mass is 35.5. The molecule has 1 aromatic carbocycles. The molecule has 34 heavy (non-hydrogen) atoms. The number of ether oxygens (including phenoxy) is 1. The molecule has 182 valence electrons. The molecular weight excluding hydrogens is 483 g/mol. The van der Waals surface area contributed by atoms with Crippen molar-refractivity contribution in [3.63, 3.8) is 0 Å². The van der Waals surface area contributed by atoms with Crippen LogP contribution in [0.25, 0.3) is 5.57 Å². The molecule has 1 atom stereocenters. The summed E-state index contributed by atoms with van der Waals surface area (Å²) in [5.74, 6) is 0.546. The van der Waals surface area contributed by atoms with Gasteiger partial charge in [-0.1, -0.05) is 35.0 Å². The summed E-state index contributed by atoms with van der Waals surface area (Å²) < 4.78 is 26.2. The zero-order valence-electron chi connectivity index (χ0n) is 18.2. The number of phosphoric ester groups is 1. The van der Waals surface area contributed by atoms with Crippen molar-refractivity contribution < 1.29 is 33.5 Å². The van der Waals surface area contributed by atoms with Crippen molar-refractivity contribution in [3.05, 3.63) is 94.6 Å². The first-order valence-corrected chi connectivity index (χ1v) is 12.3. The summed E-state index contributed by atoms with van der Waals surface area (Å²) in [7, 11) is -4.47. The van der Waals surface area contributed by atoms with Gasteiger partial charge in [0.05, 0.1) is 18.5 Å². The molecule has 7 N–H and O–H groups in total. The van der Waals surface area contributed by atoms with Gasteiger partial charge < -0.3 is 30.1 Å². The Morgan fingerprint density at radius 3 is 2.94 bits per heavy atom. The molecule has 0 saturated heterocycles. The molecule has 12 heteroatoms. The van der Waals surface area contributed by atoms with Crippen molar-refractivity contribution >= 4 is 25.0 Å². The van der Waals surface area contributed by atoms with Gasteiger partial charge >= 0.3 is 7.82 Å². The molecule has 0 bridgehead atoms. The zero-order chi connectivity index (χ0) is 24.4. The quantitative estimate of drug-likeness (QED) is 0.125. The van der Waals surface area contributed by atoms with Crippen LogP contribution in [-0.2, 0) is 26.9 Å². The van der Waals surface area contributed by atoms with Gasteiger partial charge in [0.1, 0.15) is 6.23 Å². The molecule has 0 saturated carbocycles. The maximum atomic E-state index is 10.6. The third kappa shape index (κ3) is 9.02. The monoisotopic (exact) mass is 509 g/mol. The van der Waals surface area contributed by atoms with Gasteiger partial charge in [0.2, 0.25) is 0 Å². The Hall–Kier alpha value is -2.53. The van der Waals surface area contributed by atoms with Gasteiger partial charge in [0, 0.05) is 35.8 Å². The number of phosphoric acid groups is 1. The minimum atomic E-state index is -4.47. The van der Waals surface area contributed by atoms with Crippen molar-refractivity contribution in [1.29, 1.82) is 0 Å². The van der Waals surface area contributed by atoms with E-state index in [0.29, 0.717) is 23.8 Å². The molecule has 0 radical (unpaired) electrons. The van der Waals surface area contributed by atoms with Gasteiger partial charge in [-0.25, -0.2) is 9.09 Å². The lowest BCUT2D eigenvalue weighted by molar-refractivity contribution is -0.617. The lowest BCUT2D eigenvalue weighted by Gasteiger charge is -2.19. The largest absolute Gasteiger partial charge is 0.474 e. The van der Waals surface area contributed by atoms with Crippen LogP contribution in [0.4, 0.5) is 0 Å². The average molecular weight is 510 g/mol. The standard InChI is InChI=1S/C22H26ClN4O6P/c23-19-5-1-3-17(9-19)14-31-22-7-6-16(13-26-22)10-20-11-21(33-27-20)18(12-24)4-2-8-25-15-32-34(28,29)30/h1-9,11,13,22,25-26H,10,12,14-15,24H2,(H2,28,29,30)/p+1/b8-2-,18-4+. The second-order valence-corrected chi connectivity index (χ2v) is 8.94. The van der Waals surface area contributed by atoms with E-state index < -0.39 is 7.82 Å². The number of hydrogen-bond donors (Lipinski definition) is 5. The maximum absolute atomic E-state index is 10.6. The lowest BCUT2D eigenvalue weighted by Crippen LogP contribution is -2.78. The van der Waals surface area contributed by atoms with Crippen LogP contribution in [0.5, 0.6) is 0 Å². The number of aromatic nitrogens is 1. The summed E-state index contributed by atoms with van der Waals surface area (Å²) >= 11 is 6.00. The van der Waals surface area contributed by atoms with E-state index in [1.165, 1.54) is 5.32 Å². The van der Waals surface area contributed by atoms with Gasteiger partial charge in [-0.2, -0.15) is 0 Å². The molecule has 0 fully saturated rings. The van der Waals surface area contributed by atoms with Crippen molar-refractivity contribution in [2.75, 3.05) is 13.3 Å². The first-order chi connectivity index (χ1) is 16.3. The summed E-state index contributed by atoms with van der Waals surface area (Å²) in [5, 5.41) is 9.46. The van der Waals surface area contributed by atoms with Crippen LogP contribution >= 0.6 is 19.4 Å². The average Bonchev–Trinajstić information content (AvgIpc) is 3.26. The molecule has 2 heterocycles. The summed E-state index contributed by atoms with van der Waals surface area (Å²) in [6.07, 6.45) is 11.1. The predicted octanol–water partition coefficient (Wildman–Crippen LogP) is 1.94. The zero-order valence-corrected chi connectivity index (χ0v) is 19.9. The highest BCUT2D eigenvalue weighted by Crippen LogP contribution is 2.34. The van der Waals surface area contributed by atoms with E-state index >= 15 is 0 Å². The highest BCUT2D eigenvalue weighted by Gasteiger charge is 2.14. The third-order valence-electron chi connectivity index (χ3n) is 4.60. The number of hydrogen-bond acceptors (Lipinski definition) is 7. The minimum Gasteiger partial charge on any atom is -0.363 e. The Bertz CT molecular complexity index is 1120. The number of nitrogens with two attached hydrogens (primary N) is 2. The topological polar surface area (TPSA) is 157 Å². The smallest absolute Gasteiger partial charge is 0.363 e. The summed E-state index contributed by atoms with van der Waals surface area (Å²) in [4.78, 5) is 17.3. The lowest BCUT2D eigenvalue weighted by atomic mass is 10.1. The molecule has 1 aromatic heterocycles. The third-order valence-corrected chi connectivity index (χ3v) is 5.32. The maximum Gasteiger partial charge on any atom is 0.474 e. The summed E-state index contributed by atoms with van der Waals surface area (Å²) in [5.41, 5.74) is 9.29. The van der Waals surface area contributed by atoms with E-state index in [1.54, 1.807) is 18.4 Å². The predicted molar refractivity (Wildman–Crippen MR) is 127 cm³/mol. The number of allylic oxidation sites excluding steroid dienone is 4. The molecule has 1 aliphatic heterocycles. The van der Waals surface area contributed by atoms with Crippen LogP contribution in [0.2, 0.25) is 5.02 Å². The molecule has 2 aromatic rings. The number of quaternary nitrogens is 1. The second kappa shape index (κ2) is 12.8. The first kappa shape index (κ1) is 26.1. The van der Waals surface area contributed by atoms with Crippen LogP contribution < -0.4 is 16.4 Å². The summed E-state index contributed by atoms with van der Waals surface area (Å²) in [6.45, 7) is 0.464. The fourth-order valence-corrected chi connectivity index (χ4v) is 3.48. The van der Waals surface area contributed by atoms with Crippen LogP contribution in [-0.4, -0.2) is 34.4 Å². The van der Waals surface area contributed by atoms with Crippen molar-refractivity contribution in [2.45, 2.75) is 19.3 Å². The van der Waals surface area contributed by atoms with Gasteiger partial charge in [-0.15, -0.1) is 0 Å². The van der Waals surface area contributed by atoms with Crippen LogP contribution in [0.15, 0.2) is 77.1 Å². The SMILES string of the molecule is NC/C(=C\C=C/[NH2+]COP(=O)(O)O)c1cc(CC2=CNC(OCc3cccc(Cl)c3)C=C2)no1. The Morgan fingerprint density at radius 2 is 2.24 bits per heavy atom. The van der Waals surface area contributed by atoms with Gasteiger partial charge in [-0.3, -0.25) is 5.32 Å². The van der Waals surface area contributed by atoms with Gasteiger partial charge in [-0.05, 0) is 41.5 Å². The van der Waals surface area contributed by atoms with Crippen molar-refractivity contribution in [3.8, 4) is 0 Å². The van der Waals surface area contributed by atoms with E-state index in [4.69, 9.17) is 36.4 Å². The molecule has 1 aliphatic rings. The molecule has 3 rings (SSSR count). The van der Waals surface area contributed by atoms with Crippen LogP contribution in [0.1, 0.15) is 17.0 Å². The van der Waals surface area contributed by atoms with Crippen molar-refractivity contribution in [2.24, 2.45) is 5.73 Å². The molecule has 0 aliphatic carbocycles.